The van der Waals surface area contributed by atoms with Gasteiger partial charge in [-0.25, -0.2) is 4.98 Å². The Kier molecular flexibility index (Phi) is 5.43. The molecule has 14 heavy (non-hydrogen) atoms. The number of methoxy groups -OCH3 is 1. The minimum Gasteiger partial charge on any atom is -0.383 e. The Labute approximate surface area is 88.1 Å². The highest BCUT2D eigenvalue weighted by molar-refractivity contribution is 7.09. The smallest absolute Gasteiger partial charge is 0.202 e. The molecular formula is C8H16N4OS. The summed E-state index contributed by atoms with van der Waals surface area (Å²) >= 11 is 1.39. The topological polar surface area (TPSA) is 59.1 Å². The van der Waals surface area contributed by atoms with Gasteiger partial charge in [0.2, 0.25) is 5.13 Å². The third-order valence-corrected chi connectivity index (χ3v) is 2.35. The molecule has 5 nitrogen and oxygen atoms in total. The van der Waals surface area contributed by atoms with Crippen molar-refractivity contribution in [2.24, 2.45) is 0 Å². The number of hydrogen-bond acceptors (Lipinski definition) is 6. The van der Waals surface area contributed by atoms with Gasteiger partial charge in [-0.05, 0) is 6.92 Å². The SMILES string of the molecule is COCCNCCNc1nc(C)ns1. The molecular weight excluding hydrogens is 200 g/mol. The first-order valence-corrected chi connectivity index (χ1v) is 5.34. The molecule has 6 heteroatoms. The van der Waals surface area contributed by atoms with Crippen molar-refractivity contribution < 1.29 is 4.74 Å². The van der Waals surface area contributed by atoms with Gasteiger partial charge < -0.3 is 15.4 Å². The van der Waals surface area contributed by atoms with Crippen molar-refractivity contribution in [3.63, 3.8) is 0 Å². The molecule has 80 valence electrons. The lowest BCUT2D eigenvalue weighted by atomic mass is 10.6. The second-order valence-corrected chi connectivity index (χ2v) is 3.57. The van der Waals surface area contributed by atoms with Crippen LogP contribution in [-0.4, -0.2) is 42.7 Å². The van der Waals surface area contributed by atoms with Crippen LogP contribution < -0.4 is 10.6 Å². The Morgan fingerprint density at radius 1 is 1.36 bits per heavy atom. The minimum atomic E-state index is 0.748. The van der Waals surface area contributed by atoms with Crippen molar-refractivity contribution in [3.05, 3.63) is 5.82 Å². The lowest BCUT2D eigenvalue weighted by molar-refractivity contribution is 0.200. The standard InChI is InChI=1S/C8H16N4OS/c1-7-11-8(14-12-7)10-4-3-9-5-6-13-2/h9H,3-6H2,1-2H3,(H,10,11,12). The maximum Gasteiger partial charge on any atom is 0.202 e. The van der Waals surface area contributed by atoms with E-state index in [2.05, 4.69) is 20.0 Å². The second-order valence-electron chi connectivity index (χ2n) is 2.82. The van der Waals surface area contributed by atoms with E-state index in [1.165, 1.54) is 11.5 Å². The average molecular weight is 216 g/mol. The third kappa shape index (κ3) is 4.50. The molecule has 0 bridgehead atoms. The zero-order chi connectivity index (χ0) is 10.2. The van der Waals surface area contributed by atoms with Gasteiger partial charge in [-0.15, -0.1) is 0 Å². The number of hydrogen-bond donors (Lipinski definition) is 2. The minimum absolute atomic E-state index is 0.748. The number of nitrogens with one attached hydrogen (secondary N) is 2. The fourth-order valence-electron chi connectivity index (χ4n) is 0.926. The van der Waals surface area contributed by atoms with Gasteiger partial charge in [0.05, 0.1) is 6.61 Å². The Hall–Kier alpha value is -0.720. The van der Waals surface area contributed by atoms with E-state index in [1.807, 2.05) is 6.92 Å². The van der Waals surface area contributed by atoms with Crippen LogP contribution in [0.3, 0.4) is 0 Å². The zero-order valence-electron chi connectivity index (χ0n) is 8.54. The molecule has 1 aromatic heterocycles. The van der Waals surface area contributed by atoms with Crippen LogP contribution >= 0.6 is 11.5 Å². The Balaban J connectivity index is 1.99. The second kappa shape index (κ2) is 6.69. The van der Waals surface area contributed by atoms with Crippen LogP contribution in [-0.2, 0) is 4.74 Å². The van der Waals surface area contributed by atoms with E-state index in [-0.39, 0.29) is 0 Å². The summed E-state index contributed by atoms with van der Waals surface area (Å²) in [6.07, 6.45) is 0. The van der Waals surface area contributed by atoms with Gasteiger partial charge in [0.15, 0.2) is 0 Å². The van der Waals surface area contributed by atoms with Crippen molar-refractivity contribution in [2.75, 3.05) is 38.7 Å². The number of anilines is 1. The van der Waals surface area contributed by atoms with Gasteiger partial charge in [0.25, 0.3) is 0 Å². The number of aryl methyl sites for hydroxylation is 1. The molecule has 0 aliphatic carbocycles. The highest BCUT2D eigenvalue weighted by atomic mass is 32.1. The van der Waals surface area contributed by atoms with E-state index in [1.54, 1.807) is 7.11 Å². The molecule has 1 aromatic rings. The van der Waals surface area contributed by atoms with Crippen molar-refractivity contribution in [3.8, 4) is 0 Å². The van der Waals surface area contributed by atoms with Crippen LogP contribution in [0.4, 0.5) is 5.13 Å². The van der Waals surface area contributed by atoms with E-state index in [0.29, 0.717) is 0 Å². The van der Waals surface area contributed by atoms with E-state index in [9.17, 15) is 0 Å². The van der Waals surface area contributed by atoms with Crippen molar-refractivity contribution in [1.82, 2.24) is 14.7 Å². The van der Waals surface area contributed by atoms with Crippen LogP contribution in [0.25, 0.3) is 0 Å². The molecule has 1 rings (SSSR count). The number of rotatable bonds is 7. The molecule has 2 N–H and O–H groups in total. The summed E-state index contributed by atoms with van der Waals surface area (Å²) in [5, 5.41) is 7.30. The molecule has 0 fully saturated rings. The molecule has 0 saturated heterocycles. The lowest BCUT2D eigenvalue weighted by Crippen LogP contribution is -2.25. The average Bonchev–Trinajstić information content (AvgIpc) is 2.58. The number of nitrogens with zero attached hydrogens (tertiary/aromatic N) is 2. The number of ether oxygens (including phenoxy) is 1. The van der Waals surface area contributed by atoms with Gasteiger partial charge in [-0.2, -0.15) is 4.37 Å². The molecule has 0 atom stereocenters. The summed E-state index contributed by atoms with van der Waals surface area (Å²) in [6.45, 7) is 5.28. The van der Waals surface area contributed by atoms with Gasteiger partial charge >= 0.3 is 0 Å². The van der Waals surface area contributed by atoms with Crippen LogP contribution in [0.1, 0.15) is 5.82 Å². The van der Waals surface area contributed by atoms with E-state index in [0.717, 1.165) is 37.2 Å². The summed E-state index contributed by atoms with van der Waals surface area (Å²) in [4.78, 5) is 4.19. The highest BCUT2D eigenvalue weighted by Crippen LogP contribution is 2.08. The molecule has 0 aliphatic heterocycles. The first-order valence-electron chi connectivity index (χ1n) is 4.57. The van der Waals surface area contributed by atoms with E-state index in [4.69, 9.17) is 4.74 Å². The van der Waals surface area contributed by atoms with Crippen molar-refractivity contribution >= 4 is 16.7 Å². The maximum absolute atomic E-state index is 4.91. The molecule has 0 aromatic carbocycles. The quantitative estimate of drug-likeness (QED) is 0.650. The molecule has 0 spiro atoms. The predicted octanol–water partition coefficient (Wildman–Crippen LogP) is 0.494. The number of aromatic nitrogens is 2. The predicted molar refractivity (Wildman–Crippen MR) is 57.9 cm³/mol. The van der Waals surface area contributed by atoms with Gasteiger partial charge in [-0.3, -0.25) is 0 Å². The van der Waals surface area contributed by atoms with Crippen LogP contribution in [0.5, 0.6) is 0 Å². The summed E-state index contributed by atoms with van der Waals surface area (Å²) in [5.41, 5.74) is 0. The lowest BCUT2D eigenvalue weighted by Gasteiger charge is -2.03. The van der Waals surface area contributed by atoms with E-state index < -0.39 is 0 Å². The Morgan fingerprint density at radius 3 is 2.86 bits per heavy atom. The molecule has 0 saturated carbocycles. The molecule has 1 heterocycles. The third-order valence-electron chi connectivity index (χ3n) is 1.59. The zero-order valence-corrected chi connectivity index (χ0v) is 9.36. The van der Waals surface area contributed by atoms with Crippen LogP contribution in [0, 0.1) is 6.92 Å². The van der Waals surface area contributed by atoms with Crippen LogP contribution in [0.2, 0.25) is 0 Å². The van der Waals surface area contributed by atoms with Gasteiger partial charge in [0.1, 0.15) is 5.82 Å². The van der Waals surface area contributed by atoms with Crippen molar-refractivity contribution in [2.45, 2.75) is 6.92 Å². The van der Waals surface area contributed by atoms with Gasteiger partial charge in [0, 0.05) is 38.3 Å². The summed E-state index contributed by atoms with van der Waals surface area (Å²) in [7, 11) is 1.70. The summed E-state index contributed by atoms with van der Waals surface area (Å²) < 4.78 is 8.98. The maximum atomic E-state index is 4.91. The largest absolute Gasteiger partial charge is 0.383 e. The molecule has 0 unspecified atom stereocenters. The van der Waals surface area contributed by atoms with Crippen molar-refractivity contribution in [1.29, 1.82) is 0 Å². The first kappa shape index (κ1) is 11.4. The highest BCUT2D eigenvalue weighted by Gasteiger charge is 1.97. The molecule has 0 aliphatic rings. The first-order chi connectivity index (χ1) is 6.83. The molecule has 0 amide bonds. The summed E-state index contributed by atoms with van der Waals surface area (Å²) in [5.74, 6) is 0.824. The molecule has 0 radical (unpaired) electrons. The van der Waals surface area contributed by atoms with Gasteiger partial charge in [-0.1, -0.05) is 0 Å². The van der Waals surface area contributed by atoms with E-state index >= 15 is 0 Å². The monoisotopic (exact) mass is 216 g/mol. The van der Waals surface area contributed by atoms with Crippen LogP contribution in [0.15, 0.2) is 0 Å². The Morgan fingerprint density at radius 2 is 2.21 bits per heavy atom. The fourth-order valence-corrected chi connectivity index (χ4v) is 1.52. The fraction of sp³-hybridized carbons (Fsp3) is 0.750. The Bertz CT molecular complexity index is 253. The normalized spacial score (nSPS) is 10.4. The summed E-state index contributed by atoms with van der Waals surface area (Å²) in [6, 6.07) is 0.